The number of aliphatic hydroxyl groups excluding tert-OH is 1. The standard InChI is InChI=1S/C11H22N2O/c1-8-4-5-13(6-8)10(7-14)11(12)9-2-3-9/h8-11,14H,2-7,12H2,1H3. The Morgan fingerprint density at radius 1 is 1.43 bits per heavy atom. The number of aliphatic hydroxyl groups is 1. The number of nitrogens with zero attached hydrogens (tertiary/aromatic N) is 1. The molecule has 1 saturated carbocycles. The minimum absolute atomic E-state index is 0.199. The molecule has 3 heteroatoms. The number of rotatable bonds is 4. The van der Waals surface area contributed by atoms with Gasteiger partial charge in [0.25, 0.3) is 0 Å². The first-order valence-corrected chi connectivity index (χ1v) is 5.83. The van der Waals surface area contributed by atoms with Crippen molar-refractivity contribution in [1.29, 1.82) is 0 Å². The van der Waals surface area contributed by atoms with Crippen molar-refractivity contribution in [2.45, 2.75) is 38.3 Å². The van der Waals surface area contributed by atoms with Crippen LogP contribution in [0.15, 0.2) is 0 Å². The Balaban J connectivity index is 1.90. The van der Waals surface area contributed by atoms with Crippen molar-refractivity contribution in [3.63, 3.8) is 0 Å². The lowest BCUT2D eigenvalue weighted by molar-refractivity contribution is 0.116. The van der Waals surface area contributed by atoms with Gasteiger partial charge in [-0.1, -0.05) is 6.92 Å². The molecular formula is C11H22N2O. The Bertz CT molecular complexity index is 194. The van der Waals surface area contributed by atoms with Gasteiger partial charge < -0.3 is 10.8 Å². The van der Waals surface area contributed by atoms with E-state index in [-0.39, 0.29) is 18.7 Å². The van der Waals surface area contributed by atoms with E-state index in [0.29, 0.717) is 5.92 Å². The molecule has 2 fully saturated rings. The van der Waals surface area contributed by atoms with Crippen LogP contribution in [0.1, 0.15) is 26.2 Å². The van der Waals surface area contributed by atoms with Crippen molar-refractivity contribution in [3.8, 4) is 0 Å². The second kappa shape index (κ2) is 4.17. The molecule has 3 N–H and O–H groups in total. The molecule has 82 valence electrons. The molecule has 1 saturated heterocycles. The highest BCUT2D eigenvalue weighted by atomic mass is 16.3. The Kier molecular flexibility index (Phi) is 3.10. The zero-order valence-corrected chi connectivity index (χ0v) is 9.02. The average molecular weight is 198 g/mol. The SMILES string of the molecule is CC1CCN(C(CO)C(N)C2CC2)C1. The summed E-state index contributed by atoms with van der Waals surface area (Å²) in [5.41, 5.74) is 6.16. The van der Waals surface area contributed by atoms with E-state index in [1.54, 1.807) is 0 Å². The summed E-state index contributed by atoms with van der Waals surface area (Å²) in [4.78, 5) is 2.38. The van der Waals surface area contributed by atoms with E-state index in [0.717, 1.165) is 19.0 Å². The molecule has 0 aromatic rings. The fourth-order valence-electron chi connectivity index (χ4n) is 2.55. The molecule has 0 amide bonds. The van der Waals surface area contributed by atoms with Gasteiger partial charge in [0.1, 0.15) is 0 Å². The molecule has 3 unspecified atom stereocenters. The van der Waals surface area contributed by atoms with Gasteiger partial charge in [-0.2, -0.15) is 0 Å². The Hall–Kier alpha value is -0.120. The minimum atomic E-state index is 0.199. The summed E-state index contributed by atoms with van der Waals surface area (Å²) in [5.74, 6) is 1.46. The molecule has 1 heterocycles. The maximum atomic E-state index is 9.40. The van der Waals surface area contributed by atoms with Crippen molar-refractivity contribution < 1.29 is 5.11 Å². The van der Waals surface area contributed by atoms with Crippen LogP contribution in [0, 0.1) is 11.8 Å². The van der Waals surface area contributed by atoms with E-state index < -0.39 is 0 Å². The highest BCUT2D eigenvalue weighted by molar-refractivity contribution is 4.94. The normalized spacial score (nSPS) is 33.2. The molecule has 0 radical (unpaired) electrons. The lowest BCUT2D eigenvalue weighted by Gasteiger charge is -2.31. The van der Waals surface area contributed by atoms with Crippen LogP contribution in [0.25, 0.3) is 0 Å². The minimum Gasteiger partial charge on any atom is -0.395 e. The molecule has 1 aliphatic carbocycles. The van der Waals surface area contributed by atoms with Crippen molar-refractivity contribution in [2.24, 2.45) is 17.6 Å². The summed E-state index contributed by atoms with van der Waals surface area (Å²) in [5, 5.41) is 9.40. The summed E-state index contributed by atoms with van der Waals surface area (Å²) in [7, 11) is 0. The van der Waals surface area contributed by atoms with Crippen LogP contribution in [-0.2, 0) is 0 Å². The van der Waals surface area contributed by atoms with Crippen molar-refractivity contribution in [1.82, 2.24) is 4.90 Å². The van der Waals surface area contributed by atoms with Gasteiger partial charge >= 0.3 is 0 Å². The topological polar surface area (TPSA) is 49.5 Å². The fourth-order valence-corrected chi connectivity index (χ4v) is 2.55. The largest absolute Gasteiger partial charge is 0.395 e. The van der Waals surface area contributed by atoms with E-state index in [1.165, 1.54) is 19.3 Å². The molecular weight excluding hydrogens is 176 g/mol. The molecule has 3 atom stereocenters. The van der Waals surface area contributed by atoms with E-state index in [2.05, 4.69) is 11.8 Å². The third-order valence-corrected chi connectivity index (χ3v) is 3.72. The smallest absolute Gasteiger partial charge is 0.0602 e. The van der Waals surface area contributed by atoms with Crippen molar-refractivity contribution >= 4 is 0 Å². The van der Waals surface area contributed by atoms with Gasteiger partial charge in [-0.3, -0.25) is 4.90 Å². The summed E-state index contributed by atoms with van der Waals surface area (Å²) >= 11 is 0. The Labute approximate surface area is 86.3 Å². The summed E-state index contributed by atoms with van der Waals surface area (Å²) in [6.45, 7) is 4.74. The predicted octanol–water partition coefficient (Wildman–Crippen LogP) is 0.426. The van der Waals surface area contributed by atoms with E-state index in [9.17, 15) is 5.11 Å². The zero-order valence-electron chi connectivity index (χ0n) is 9.02. The zero-order chi connectivity index (χ0) is 10.1. The van der Waals surface area contributed by atoms with Gasteiger partial charge in [0.15, 0.2) is 0 Å². The highest BCUT2D eigenvalue weighted by Crippen LogP contribution is 2.34. The molecule has 3 nitrogen and oxygen atoms in total. The van der Waals surface area contributed by atoms with Crippen LogP contribution in [-0.4, -0.2) is 41.8 Å². The molecule has 0 aromatic heterocycles. The first-order chi connectivity index (χ1) is 6.72. The van der Waals surface area contributed by atoms with Crippen molar-refractivity contribution in [3.05, 3.63) is 0 Å². The highest BCUT2D eigenvalue weighted by Gasteiger charge is 2.37. The molecule has 0 bridgehead atoms. The van der Waals surface area contributed by atoms with Crippen LogP contribution in [0.4, 0.5) is 0 Å². The third kappa shape index (κ3) is 2.10. The number of hydrogen-bond donors (Lipinski definition) is 2. The lowest BCUT2D eigenvalue weighted by atomic mass is 10.0. The summed E-state index contributed by atoms with van der Waals surface area (Å²) in [6, 6.07) is 0.415. The van der Waals surface area contributed by atoms with Gasteiger partial charge in [0.05, 0.1) is 6.61 Å². The molecule has 0 aromatic carbocycles. The van der Waals surface area contributed by atoms with Gasteiger partial charge in [-0.15, -0.1) is 0 Å². The summed E-state index contributed by atoms with van der Waals surface area (Å²) < 4.78 is 0. The number of nitrogens with two attached hydrogens (primary N) is 1. The Morgan fingerprint density at radius 2 is 2.14 bits per heavy atom. The maximum absolute atomic E-state index is 9.40. The molecule has 1 aliphatic heterocycles. The van der Waals surface area contributed by atoms with Crippen LogP contribution in [0.5, 0.6) is 0 Å². The monoisotopic (exact) mass is 198 g/mol. The lowest BCUT2D eigenvalue weighted by Crippen LogP contribution is -2.50. The number of hydrogen-bond acceptors (Lipinski definition) is 3. The van der Waals surface area contributed by atoms with Crippen LogP contribution >= 0.6 is 0 Å². The van der Waals surface area contributed by atoms with E-state index in [4.69, 9.17) is 5.73 Å². The fraction of sp³-hybridized carbons (Fsp3) is 1.00. The number of likely N-dealkylation sites (tertiary alicyclic amines) is 1. The van der Waals surface area contributed by atoms with Gasteiger partial charge in [-0.05, 0) is 37.6 Å². The summed E-state index contributed by atoms with van der Waals surface area (Å²) in [6.07, 6.45) is 3.79. The molecule has 2 rings (SSSR count). The van der Waals surface area contributed by atoms with Crippen molar-refractivity contribution in [2.75, 3.05) is 19.7 Å². The maximum Gasteiger partial charge on any atom is 0.0602 e. The van der Waals surface area contributed by atoms with Crippen LogP contribution in [0.3, 0.4) is 0 Å². The van der Waals surface area contributed by atoms with E-state index in [1.807, 2.05) is 0 Å². The van der Waals surface area contributed by atoms with Crippen LogP contribution < -0.4 is 5.73 Å². The Morgan fingerprint density at radius 3 is 2.57 bits per heavy atom. The van der Waals surface area contributed by atoms with Crippen LogP contribution in [0.2, 0.25) is 0 Å². The molecule has 0 spiro atoms. The second-order valence-electron chi connectivity index (χ2n) is 5.05. The van der Waals surface area contributed by atoms with Gasteiger partial charge in [-0.25, -0.2) is 0 Å². The second-order valence-corrected chi connectivity index (χ2v) is 5.05. The third-order valence-electron chi connectivity index (χ3n) is 3.72. The molecule has 14 heavy (non-hydrogen) atoms. The van der Waals surface area contributed by atoms with Gasteiger partial charge in [0.2, 0.25) is 0 Å². The average Bonchev–Trinajstić information content (AvgIpc) is 2.92. The predicted molar refractivity (Wildman–Crippen MR) is 56.9 cm³/mol. The first kappa shape index (κ1) is 10.4. The first-order valence-electron chi connectivity index (χ1n) is 5.83. The van der Waals surface area contributed by atoms with Gasteiger partial charge in [0, 0.05) is 18.6 Å². The quantitative estimate of drug-likeness (QED) is 0.688. The molecule has 2 aliphatic rings. The van der Waals surface area contributed by atoms with E-state index >= 15 is 0 Å².